The molecule has 4 aliphatic rings. The van der Waals surface area contributed by atoms with Gasteiger partial charge in [-0.25, -0.2) is 19.6 Å². The largest absolute Gasteiger partial charge is 0.447 e. The predicted octanol–water partition coefficient (Wildman–Crippen LogP) is 11.5. The number of amides is 3. The number of alkyl carbamates (subject to hydrolysis) is 2. The summed E-state index contributed by atoms with van der Waals surface area (Å²) >= 11 is 0. The summed E-state index contributed by atoms with van der Waals surface area (Å²) in [6.07, 6.45) is 18.8. The van der Waals surface area contributed by atoms with Gasteiger partial charge in [-0.05, 0) is 121 Å². The highest BCUT2D eigenvalue weighted by molar-refractivity contribution is 6.06. The van der Waals surface area contributed by atoms with E-state index in [-0.39, 0.29) is 70.0 Å². The smallest absolute Gasteiger partial charge is 0.407 e. The van der Waals surface area contributed by atoms with Gasteiger partial charge in [0, 0.05) is 43.9 Å². The molecule has 3 amide bonds. The molecule has 0 radical (unpaired) electrons. The minimum Gasteiger partial charge on any atom is -0.447 e. The lowest BCUT2D eigenvalue weighted by atomic mass is 9.47. The summed E-state index contributed by atoms with van der Waals surface area (Å²) in [6, 6.07) is 16.3. The average molecular weight is 1020 g/mol. The van der Waals surface area contributed by atoms with E-state index in [9.17, 15) is 14.4 Å². The molecule has 4 aliphatic carbocycles. The lowest BCUT2D eigenvalue weighted by Crippen LogP contribution is -2.52. The topological polar surface area (TPSA) is 181 Å². The zero-order chi connectivity index (χ0) is 52.2. The Hall–Kier alpha value is -5.21. The molecule has 14 nitrogen and oxygen atoms in total. The Morgan fingerprint density at radius 2 is 1.55 bits per heavy atom. The molecule has 0 spiro atoms. The van der Waals surface area contributed by atoms with Gasteiger partial charge < -0.3 is 45.2 Å². The summed E-state index contributed by atoms with van der Waals surface area (Å²) < 4.78 is 23.8. The Bertz CT molecular complexity index is 2540. The molecule has 5 N–H and O–H groups in total. The van der Waals surface area contributed by atoms with Gasteiger partial charge in [-0.15, -0.1) is 0 Å². The van der Waals surface area contributed by atoms with Crippen molar-refractivity contribution in [3.63, 3.8) is 0 Å². The Morgan fingerprint density at radius 1 is 0.811 bits per heavy atom. The van der Waals surface area contributed by atoms with Gasteiger partial charge in [-0.2, -0.15) is 0 Å². The van der Waals surface area contributed by atoms with Crippen molar-refractivity contribution in [2.24, 2.45) is 46.3 Å². The third-order valence-electron chi connectivity index (χ3n) is 17.8. The first-order chi connectivity index (χ1) is 35.8. The Balaban J connectivity index is 0.643. The highest BCUT2D eigenvalue weighted by atomic mass is 16.6. The monoisotopic (exact) mass is 1020 g/mol. The number of nitrogens with two attached hydrogens (primary N) is 1. The van der Waals surface area contributed by atoms with Crippen LogP contribution in [0.15, 0.2) is 60.2 Å². The second-order valence-corrected chi connectivity index (χ2v) is 23.1. The first-order valence-corrected chi connectivity index (χ1v) is 28.3. The van der Waals surface area contributed by atoms with Crippen LogP contribution in [0.1, 0.15) is 148 Å². The maximum Gasteiger partial charge on any atom is 0.407 e. The fourth-order valence-electron chi connectivity index (χ4n) is 13.9. The van der Waals surface area contributed by atoms with Crippen molar-refractivity contribution in [2.45, 2.75) is 157 Å². The molecule has 74 heavy (non-hydrogen) atoms. The van der Waals surface area contributed by atoms with E-state index in [1.54, 1.807) is 5.57 Å². The number of fused-ring (bicyclic) bond motifs is 8. The quantitative estimate of drug-likeness (QED) is 0.0368. The number of rotatable bonds is 25. The number of hydrogen-bond donors (Lipinski definition) is 4. The first-order valence-electron chi connectivity index (χ1n) is 28.3. The van der Waals surface area contributed by atoms with E-state index >= 15 is 0 Å². The van der Waals surface area contributed by atoms with Crippen LogP contribution in [0.5, 0.6) is 0 Å². The molecule has 14 heteroatoms. The number of benzene rings is 2. The molecule has 0 saturated heterocycles. The number of unbranched alkanes of at least 4 members (excludes halogenated alkanes) is 1. The molecular weight excluding hydrogens is 931 g/mol. The zero-order valence-electron chi connectivity index (χ0n) is 45.5. The SMILES string of the molecule is CCCCc1nc2c(N)nc3ccccc3c2n1Cc1ccc(CNC(=O)OCCOCCOC(=O)NCCOCCC(=O)NC2CCC3(C)C(=CCC4C3CCC3(C)C(C(C)CCCC(C)C)CCC43)C2)cc1. The second kappa shape index (κ2) is 25.6. The summed E-state index contributed by atoms with van der Waals surface area (Å²) in [6.45, 7) is 16.8. The van der Waals surface area contributed by atoms with Crippen molar-refractivity contribution in [3.05, 3.63) is 77.1 Å². The zero-order valence-corrected chi connectivity index (χ0v) is 45.5. The van der Waals surface area contributed by atoms with Gasteiger partial charge in [0.05, 0.1) is 37.5 Å². The van der Waals surface area contributed by atoms with Crippen LogP contribution in [0, 0.1) is 46.3 Å². The number of allylic oxidation sites excluding steroid dienone is 1. The van der Waals surface area contributed by atoms with Crippen molar-refractivity contribution >= 4 is 45.8 Å². The van der Waals surface area contributed by atoms with E-state index in [2.05, 4.69) is 91.3 Å². The molecule has 8 rings (SSSR count). The third-order valence-corrected chi connectivity index (χ3v) is 17.8. The van der Waals surface area contributed by atoms with Crippen molar-refractivity contribution < 1.29 is 33.3 Å². The number of carbonyl (C=O) groups excluding carboxylic acids is 3. The van der Waals surface area contributed by atoms with E-state index in [1.807, 2.05) is 30.3 Å². The van der Waals surface area contributed by atoms with Crippen molar-refractivity contribution in [3.8, 4) is 0 Å². The minimum atomic E-state index is -0.577. The highest BCUT2D eigenvalue weighted by Crippen LogP contribution is 2.67. The second-order valence-electron chi connectivity index (χ2n) is 23.1. The lowest BCUT2D eigenvalue weighted by molar-refractivity contribution is -0.123. The maximum atomic E-state index is 13.0. The van der Waals surface area contributed by atoms with Crippen LogP contribution >= 0.6 is 0 Å². The number of nitrogens with zero attached hydrogens (tertiary/aromatic N) is 3. The number of nitrogens with one attached hydrogen (secondary N) is 3. The number of para-hydroxylation sites is 1. The summed E-state index contributed by atoms with van der Waals surface area (Å²) in [5, 5.41) is 9.79. The highest BCUT2D eigenvalue weighted by Gasteiger charge is 2.59. The van der Waals surface area contributed by atoms with Gasteiger partial charge in [0.2, 0.25) is 5.91 Å². The fraction of sp³-hybridized carbons (Fsp3) is 0.650. The van der Waals surface area contributed by atoms with Crippen LogP contribution in [0.25, 0.3) is 21.9 Å². The van der Waals surface area contributed by atoms with Gasteiger partial charge in [-0.3, -0.25) is 4.79 Å². The number of imidazole rings is 1. The molecule has 2 heterocycles. The molecule has 4 aromatic rings. The van der Waals surface area contributed by atoms with Crippen molar-refractivity contribution in [1.82, 2.24) is 30.5 Å². The van der Waals surface area contributed by atoms with E-state index in [4.69, 9.17) is 29.7 Å². The van der Waals surface area contributed by atoms with E-state index in [0.717, 1.165) is 113 Å². The molecule has 8 unspecified atom stereocenters. The summed E-state index contributed by atoms with van der Waals surface area (Å²) in [5.74, 6) is 6.38. The molecule has 2 aromatic heterocycles. The van der Waals surface area contributed by atoms with Gasteiger partial charge in [0.15, 0.2) is 5.82 Å². The lowest BCUT2D eigenvalue weighted by Gasteiger charge is -2.58. The number of pyridine rings is 1. The fourth-order valence-corrected chi connectivity index (χ4v) is 13.9. The number of hydrogen-bond acceptors (Lipinski definition) is 10. The maximum absolute atomic E-state index is 13.0. The molecule has 0 bridgehead atoms. The molecule has 2 aromatic carbocycles. The Morgan fingerprint density at radius 3 is 2.32 bits per heavy atom. The molecule has 3 saturated carbocycles. The first kappa shape index (κ1) is 55.0. The van der Waals surface area contributed by atoms with Gasteiger partial charge in [0.1, 0.15) is 24.6 Å². The standard InChI is InChI=1S/C60H87N7O7/c1-7-8-16-52-66-54-55(47-14-9-10-15-51(47)65-56(54)61)67(52)39-43-19-17-42(18-20-43)38-63-58(70)74-36-34-72-33-35-73-57(69)62-30-32-71-31-27-53(68)64-45-25-28-59(5)44(37-45)21-22-46-49-24-23-48(41(4)13-11-12-40(2)3)60(49,6)29-26-50(46)59/h9-10,14-15,17-21,40-41,45-46,48-50H,7-8,11-13,16,22-39H2,1-6H3,(H2,61,65)(H,62,69)(H,63,70)(H,64,68). The van der Waals surface area contributed by atoms with Gasteiger partial charge >= 0.3 is 12.2 Å². The van der Waals surface area contributed by atoms with Crippen LogP contribution in [0.3, 0.4) is 0 Å². The van der Waals surface area contributed by atoms with Crippen LogP contribution in [-0.2, 0) is 43.3 Å². The number of carbonyl (C=O) groups is 3. The predicted molar refractivity (Wildman–Crippen MR) is 292 cm³/mol. The molecule has 404 valence electrons. The molecule has 8 atom stereocenters. The number of aromatic nitrogens is 3. The van der Waals surface area contributed by atoms with Crippen LogP contribution in [0.4, 0.5) is 15.4 Å². The minimum absolute atomic E-state index is 0.0215. The third kappa shape index (κ3) is 13.2. The Labute approximate surface area is 440 Å². The van der Waals surface area contributed by atoms with Crippen LogP contribution in [-0.4, -0.2) is 84.9 Å². The van der Waals surface area contributed by atoms with Crippen LogP contribution < -0.4 is 21.7 Å². The van der Waals surface area contributed by atoms with Crippen LogP contribution in [0.2, 0.25) is 0 Å². The number of ether oxygens (including phenoxy) is 4. The molecular formula is C60H87N7O7. The van der Waals surface area contributed by atoms with E-state index in [0.29, 0.717) is 24.3 Å². The van der Waals surface area contributed by atoms with E-state index in [1.165, 1.54) is 51.4 Å². The average Bonchev–Trinajstić information content (AvgIpc) is 3.94. The summed E-state index contributed by atoms with van der Waals surface area (Å²) in [5.41, 5.74) is 13.3. The number of nitrogen functional groups attached to an aromatic ring is 1. The number of anilines is 1. The van der Waals surface area contributed by atoms with Crippen molar-refractivity contribution in [2.75, 3.05) is 51.9 Å². The van der Waals surface area contributed by atoms with E-state index < -0.39 is 12.2 Å². The normalized spacial score (nSPS) is 24.7. The number of aryl methyl sites for hydroxylation is 1. The van der Waals surface area contributed by atoms with Gasteiger partial charge in [0.25, 0.3) is 0 Å². The summed E-state index contributed by atoms with van der Waals surface area (Å²) in [7, 11) is 0. The van der Waals surface area contributed by atoms with Crippen molar-refractivity contribution in [1.29, 1.82) is 0 Å². The summed E-state index contributed by atoms with van der Waals surface area (Å²) in [4.78, 5) is 47.1. The van der Waals surface area contributed by atoms with Gasteiger partial charge in [-0.1, -0.05) is 121 Å². The Kier molecular flexibility index (Phi) is 19.0. The molecule has 3 fully saturated rings. The molecule has 0 aliphatic heterocycles.